The Labute approximate surface area is 117 Å². The summed E-state index contributed by atoms with van der Waals surface area (Å²) >= 11 is 5.78. The third-order valence-electron chi connectivity index (χ3n) is 2.56. The summed E-state index contributed by atoms with van der Waals surface area (Å²) in [7, 11) is -3.48. The van der Waals surface area contributed by atoms with Crippen LogP contribution in [0.2, 0.25) is 5.02 Å². The summed E-state index contributed by atoms with van der Waals surface area (Å²) in [6.45, 7) is 0.332. The average Bonchev–Trinajstić information content (AvgIpc) is 2.42. The van der Waals surface area contributed by atoms with Crippen molar-refractivity contribution in [3.05, 3.63) is 59.4 Å². The topological polar surface area (TPSA) is 59.1 Å². The Kier molecular flexibility index (Phi) is 4.52. The summed E-state index contributed by atoms with van der Waals surface area (Å²) in [6.07, 6.45) is 3.47. The Morgan fingerprint density at radius 3 is 2.53 bits per heavy atom. The van der Waals surface area contributed by atoms with Crippen LogP contribution >= 0.6 is 11.6 Å². The van der Waals surface area contributed by atoms with Gasteiger partial charge >= 0.3 is 0 Å². The van der Waals surface area contributed by atoms with Gasteiger partial charge in [0.2, 0.25) is 10.0 Å². The minimum absolute atomic E-state index is 0.172. The first-order valence-corrected chi connectivity index (χ1v) is 7.58. The second-order valence-electron chi connectivity index (χ2n) is 3.96. The van der Waals surface area contributed by atoms with Crippen LogP contribution in [0.3, 0.4) is 0 Å². The quantitative estimate of drug-likeness (QED) is 0.920. The Hall–Kier alpha value is -1.43. The van der Waals surface area contributed by atoms with Crippen molar-refractivity contribution in [3.8, 4) is 0 Å². The van der Waals surface area contributed by atoms with Gasteiger partial charge in [-0.05, 0) is 36.2 Å². The molecule has 0 aliphatic carbocycles. The molecule has 6 heteroatoms. The fraction of sp³-hybridized carbons (Fsp3) is 0.154. The molecule has 0 amide bonds. The first-order chi connectivity index (χ1) is 9.08. The second kappa shape index (κ2) is 6.14. The number of hydrogen-bond donors (Lipinski definition) is 1. The van der Waals surface area contributed by atoms with Crippen molar-refractivity contribution in [1.82, 2.24) is 9.71 Å². The molecule has 100 valence electrons. The predicted molar refractivity (Wildman–Crippen MR) is 74.6 cm³/mol. The van der Waals surface area contributed by atoms with Crippen molar-refractivity contribution in [2.75, 3.05) is 6.54 Å². The van der Waals surface area contributed by atoms with Crippen LogP contribution in [0.25, 0.3) is 0 Å². The van der Waals surface area contributed by atoms with Gasteiger partial charge < -0.3 is 0 Å². The van der Waals surface area contributed by atoms with Gasteiger partial charge in [-0.15, -0.1) is 0 Å². The lowest BCUT2D eigenvalue weighted by molar-refractivity contribution is 0.581. The van der Waals surface area contributed by atoms with Gasteiger partial charge in [0.05, 0.1) is 0 Å². The molecule has 0 saturated heterocycles. The first kappa shape index (κ1) is 14.0. The SMILES string of the molecule is O=S(=O)(NCCc1ccc(Cl)cc1)c1cccnc1. The number of benzene rings is 1. The highest BCUT2D eigenvalue weighted by Crippen LogP contribution is 2.10. The third-order valence-corrected chi connectivity index (χ3v) is 4.26. The van der Waals surface area contributed by atoms with Crippen molar-refractivity contribution < 1.29 is 8.42 Å². The van der Waals surface area contributed by atoms with Crippen molar-refractivity contribution >= 4 is 21.6 Å². The minimum atomic E-state index is -3.48. The molecule has 19 heavy (non-hydrogen) atoms. The number of halogens is 1. The van der Waals surface area contributed by atoms with Crippen molar-refractivity contribution in [2.24, 2.45) is 0 Å². The van der Waals surface area contributed by atoms with E-state index in [0.29, 0.717) is 18.0 Å². The van der Waals surface area contributed by atoms with Gasteiger partial charge in [-0.1, -0.05) is 23.7 Å². The predicted octanol–water partition coefficient (Wildman–Crippen LogP) is 2.26. The van der Waals surface area contributed by atoms with E-state index >= 15 is 0 Å². The van der Waals surface area contributed by atoms with Crippen molar-refractivity contribution in [2.45, 2.75) is 11.3 Å². The van der Waals surface area contributed by atoms with Crippen LogP contribution in [-0.2, 0) is 16.4 Å². The Morgan fingerprint density at radius 1 is 1.16 bits per heavy atom. The van der Waals surface area contributed by atoms with Crippen LogP contribution in [-0.4, -0.2) is 19.9 Å². The lowest BCUT2D eigenvalue weighted by atomic mass is 10.2. The van der Waals surface area contributed by atoms with Crippen LogP contribution in [0.15, 0.2) is 53.7 Å². The largest absolute Gasteiger partial charge is 0.263 e. The van der Waals surface area contributed by atoms with E-state index < -0.39 is 10.0 Å². The van der Waals surface area contributed by atoms with Gasteiger partial charge in [0.25, 0.3) is 0 Å². The number of sulfonamides is 1. The summed E-state index contributed by atoms with van der Waals surface area (Å²) in [6, 6.07) is 10.4. The summed E-state index contributed by atoms with van der Waals surface area (Å²) in [5, 5.41) is 0.666. The van der Waals surface area contributed by atoms with E-state index in [-0.39, 0.29) is 4.90 Å². The van der Waals surface area contributed by atoms with E-state index in [4.69, 9.17) is 11.6 Å². The third kappa shape index (κ3) is 4.02. The van der Waals surface area contributed by atoms with Gasteiger partial charge in [-0.25, -0.2) is 13.1 Å². The summed E-state index contributed by atoms with van der Waals surface area (Å²) < 4.78 is 26.3. The molecule has 0 spiro atoms. The van der Waals surface area contributed by atoms with Crippen molar-refractivity contribution in [3.63, 3.8) is 0 Å². The maximum Gasteiger partial charge on any atom is 0.242 e. The molecule has 0 fully saturated rings. The van der Waals surface area contributed by atoms with E-state index in [1.54, 1.807) is 18.2 Å². The van der Waals surface area contributed by atoms with Gasteiger partial charge in [-0.2, -0.15) is 0 Å². The van der Waals surface area contributed by atoms with Crippen LogP contribution in [0.1, 0.15) is 5.56 Å². The zero-order chi connectivity index (χ0) is 13.7. The van der Waals surface area contributed by atoms with Crippen LogP contribution in [0.5, 0.6) is 0 Å². The van der Waals surface area contributed by atoms with Crippen LogP contribution in [0, 0.1) is 0 Å². The van der Waals surface area contributed by atoms with Gasteiger partial charge in [0.15, 0.2) is 0 Å². The molecule has 1 aromatic heterocycles. The smallest absolute Gasteiger partial charge is 0.242 e. The molecule has 2 rings (SSSR count). The zero-order valence-electron chi connectivity index (χ0n) is 10.1. The summed E-state index contributed by atoms with van der Waals surface area (Å²) in [5.41, 5.74) is 1.03. The molecule has 1 heterocycles. The van der Waals surface area contributed by atoms with Crippen LogP contribution in [0.4, 0.5) is 0 Å². The number of aromatic nitrogens is 1. The lowest BCUT2D eigenvalue weighted by Crippen LogP contribution is -2.26. The average molecular weight is 297 g/mol. The van der Waals surface area contributed by atoms with E-state index in [9.17, 15) is 8.42 Å². The molecule has 0 bridgehead atoms. The second-order valence-corrected chi connectivity index (χ2v) is 6.17. The molecular formula is C13H13ClN2O2S. The maximum absolute atomic E-state index is 11.9. The molecule has 0 aliphatic rings. The van der Waals surface area contributed by atoms with Gasteiger partial charge in [0, 0.05) is 24.0 Å². The summed E-state index contributed by atoms with van der Waals surface area (Å²) in [4.78, 5) is 3.97. The molecule has 2 aromatic rings. The minimum Gasteiger partial charge on any atom is -0.263 e. The molecule has 1 aromatic carbocycles. The number of rotatable bonds is 5. The maximum atomic E-state index is 11.9. The molecular weight excluding hydrogens is 284 g/mol. The number of nitrogens with one attached hydrogen (secondary N) is 1. The van der Waals surface area contributed by atoms with Crippen LogP contribution < -0.4 is 4.72 Å². The van der Waals surface area contributed by atoms with E-state index in [0.717, 1.165) is 5.56 Å². The highest BCUT2D eigenvalue weighted by atomic mass is 35.5. The fourth-order valence-corrected chi connectivity index (χ4v) is 2.69. The van der Waals surface area contributed by atoms with Gasteiger partial charge in [-0.3, -0.25) is 4.98 Å². The Balaban J connectivity index is 1.94. The number of pyridine rings is 1. The molecule has 0 aliphatic heterocycles. The first-order valence-electron chi connectivity index (χ1n) is 5.72. The molecule has 0 radical (unpaired) electrons. The number of nitrogens with zero attached hydrogens (tertiary/aromatic N) is 1. The van der Waals surface area contributed by atoms with E-state index in [1.165, 1.54) is 18.5 Å². The number of hydrogen-bond acceptors (Lipinski definition) is 3. The van der Waals surface area contributed by atoms with E-state index in [1.807, 2.05) is 12.1 Å². The summed E-state index contributed by atoms with van der Waals surface area (Å²) in [5.74, 6) is 0. The molecule has 0 saturated carbocycles. The fourth-order valence-electron chi connectivity index (χ4n) is 1.57. The molecule has 0 atom stereocenters. The monoisotopic (exact) mass is 296 g/mol. The van der Waals surface area contributed by atoms with E-state index in [2.05, 4.69) is 9.71 Å². The van der Waals surface area contributed by atoms with Crippen molar-refractivity contribution in [1.29, 1.82) is 0 Å². The highest BCUT2D eigenvalue weighted by molar-refractivity contribution is 7.89. The highest BCUT2D eigenvalue weighted by Gasteiger charge is 2.12. The standard InChI is InChI=1S/C13H13ClN2O2S/c14-12-5-3-11(4-6-12)7-9-16-19(17,18)13-2-1-8-15-10-13/h1-6,8,10,16H,7,9H2. The Bertz CT molecular complexity index is 627. The lowest BCUT2D eigenvalue weighted by Gasteiger charge is -2.06. The Morgan fingerprint density at radius 2 is 1.89 bits per heavy atom. The zero-order valence-corrected chi connectivity index (χ0v) is 11.7. The normalized spacial score (nSPS) is 11.4. The molecule has 4 nitrogen and oxygen atoms in total. The molecule has 0 unspecified atom stereocenters. The van der Waals surface area contributed by atoms with Gasteiger partial charge in [0.1, 0.15) is 4.90 Å². The molecule has 1 N–H and O–H groups in total.